The average Bonchev–Trinajstić information content (AvgIpc) is 2.87. The standard InChI is InChI=1S/C13H19BrN4S/c1-8-12(9(2)18(3)17-8)7-10(16-15)6-11-4-5-13(14)19-11/h4-5,10,16H,6-7,15H2,1-3H3. The minimum atomic E-state index is 0.229. The molecule has 0 spiro atoms. The maximum atomic E-state index is 5.70. The number of thiophene rings is 1. The minimum absolute atomic E-state index is 0.229. The van der Waals surface area contributed by atoms with E-state index >= 15 is 0 Å². The smallest absolute Gasteiger partial charge is 0.0701 e. The van der Waals surface area contributed by atoms with Crippen LogP contribution < -0.4 is 11.3 Å². The van der Waals surface area contributed by atoms with E-state index in [9.17, 15) is 0 Å². The molecular formula is C13H19BrN4S. The second-order valence-corrected chi connectivity index (χ2v) is 7.30. The number of hydrogen-bond acceptors (Lipinski definition) is 4. The van der Waals surface area contributed by atoms with Crippen LogP contribution >= 0.6 is 27.3 Å². The lowest BCUT2D eigenvalue weighted by Crippen LogP contribution is -2.38. The van der Waals surface area contributed by atoms with E-state index in [-0.39, 0.29) is 6.04 Å². The lowest BCUT2D eigenvalue weighted by molar-refractivity contribution is 0.523. The number of nitrogens with zero attached hydrogens (tertiary/aromatic N) is 2. The fourth-order valence-corrected chi connectivity index (χ4v) is 3.82. The van der Waals surface area contributed by atoms with Gasteiger partial charge in [0, 0.05) is 23.7 Å². The van der Waals surface area contributed by atoms with E-state index in [1.54, 1.807) is 11.3 Å². The Labute approximate surface area is 126 Å². The zero-order valence-electron chi connectivity index (χ0n) is 11.4. The van der Waals surface area contributed by atoms with Gasteiger partial charge in [0.25, 0.3) is 0 Å². The number of nitrogens with two attached hydrogens (primary N) is 1. The Kier molecular flexibility index (Phi) is 4.78. The van der Waals surface area contributed by atoms with Gasteiger partial charge in [-0.3, -0.25) is 16.0 Å². The van der Waals surface area contributed by atoms with Crippen molar-refractivity contribution in [2.45, 2.75) is 32.7 Å². The molecule has 0 fully saturated rings. The summed E-state index contributed by atoms with van der Waals surface area (Å²) >= 11 is 5.25. The van der Waals surface area contributed by atoms with Crippen LogP contribution in [0, 0.1) is 13.8 Å². The van der Waals surface area contributed by atoms with E-state index < -0.39 is 0 Å². The van der Waals surface area contributed by atoms with E-state index in [0.29, 0.717) is 0 Å². The van der Waals surface area contributed by atoms with E-state index in [1.165, 1.54) is 16.1 Å². The molecule has 0 bridgehead atoms. The molecule has 19 heavy (non-hydrogen) atoms. The molecular weight excluding hydrogens is 324 g/mol. The number of nitrogens with one attached hydrogen (secondary N) is 1. The van der Waals surface area contributed by atoms with Gasteiger partial charge in [-0.1, -0.05) is 0 Å². The van der Waals surface area contributed by atoms with E-state index in [2.05, 4.69) is 52.4 Å². The van der Waals surface area contributed by atoms with Crippen molar-refractivity contribution in [2.75, 3.05) is 0 Å². The Hall–Kier alpha value is -0.690. The third kappa shape index (κ3) is 3.45. The summed E-state index contributed by atoms with van der Waals surface area (Å²) in [4.78, 5) is 1.33. The van der Waals surface area contributed by atoms with Crippen molar-refractivity contribution in [3.63, 3.8) is 0 Å². The SMILES string of the molecule is Cc1nn(C)c(C)c1CC(Cc1ccc(Br)s1)NN. The Morgan fingerprint density at radius 2 is 2.16 bits per heavy atom. The summed E-state index contributed by atoms with van der Waals surface area (Å²) in [6.45, 7) is 4.16. The number of aromatic nitrogens is 2. The zero-order chi connectivity index (χ0) is 14.0. The summed E-state index contributed by atoms with van der Waals surface area (Å²) in [6, 6.07) is 4.45. The summed E-state index contributed by atoms with van der Waals surface area (Å²) in [5, 5.41) is 4.45. The molecule has 0 saturated heterocycles. The molecule has 6 heteroatoms. The Bertz CT molecular complexity index is 561. The molecule has 0 radical (unpaired) electrons. The first-order valence-electron chi connectivity index (χ1n) is 6.20. The van der Waals surface area contributed by atoms with Crippen molar-refractivity contribution >= 4 is 27.3 Å². The first-order valence-corrected chi connectivity index (χ1v) is 7.81. The zero-order valence-corrected chi connectivity index (χ0v) is 13.8. The number of rotatable bonds is 5. The molecule has 0 saturated carbocycles. The highest BCUT2D eigenvalue weighted by molar-refractivity contribution is 9.11. The maximum absolute atomic E-state index is 5.70. The molecule has 2 rings (SSSR count). The fourth-order valence-electron chi connectivity index (χ4n) is 2.25. The second-order valence-electron chi connectivity index (χ2n) is 4.75. The normalized spacial score (nSPS) is 12.9. The Morgan fingerprint density at radius 3 is 2.63 bits per heavy atom. The van der Waals surface area contributed by atoms with Crippen molar-refractivity contribution in [2.24, 2.45) is 12.9 Å². The van der Waals surface area contributed by atoms with Crippen molar-refractivity contribution in [1.82, 2.24) is 15.2 Å². The molecule has 104 valence electrons. The van der Waals surface area contributed by atoms with Crippen LogP contribution in [0.15, 0.2) is 15.9 Å². The fraction of sp³-hybridized carbons (Fsp3) is 0.462. The van der Waals surface area contributed by atoms with Crippen LogP contribution in [0.1, 0.15) is 21.8 Å². The van der Waals surface area contributed by atoms with Gasteiger partial charge in [0.15, 0.2) is 0 Å². The first kappa shape index (κ1) is 14.7. The predicted molar refractivity (Wildman–Crippen MR) is 83.2 cm³/mol. The summed E-state index contributed by atoms with van der Waals surface area (Å²) in [5.74, 6) is 5.70. The Balaban J connectivity index is 2.10. The highest BCUT2D eigenvalue weighted by Crippen LogP contribution is 2.24. The van der Waals surface area contributed by atoms with Crippen molar-refractivity contribution in [3.8, 4) is 0 Å². The molecule has 0 aliphatic carbocycles. The van der Waals surface area contributed by atoms with E-state index in [1.807, 2.05) is 11.7 Å². The molecule has 4 nitrogen and oxygen atoms in total. The topological polar surface area (TPSA) is 55.9 Å². The van der Waals surface area contributed by atoms with Crippen molar-refractivity contribution in [1.29, 1.82) is 0 Å². The number of hydrazine groups is 1. The van der Waals surface area contributed by atoms with Gasteiger partial charge in [0.1, 0.15) is 0 Å². The maximum Gasteiger partial charge on any atom is 0.0701 e. The third-order valence-electron chi connectivity index (χ3n) is 3.42. The summed E-state index contributed by atoms with van der Waals surface area (Å²) < 4.78 is 3.09. The second kappa shape index (κ2) is 6.17. The van der Waals surface area contributed by atoms with Crippen molar-refractivity contribution in [3.05, 3.63) is 37.7 Å². The average molecular weight is 343 g/mol. The van der Waals surface area contributed by atoms with Crippen LogP contribution in [0.3, 0.4) is 0 Å². The molecule has 0 amide bonds. The van der Waals surface area contributed by atoms with Gasteiger partial charge >= 0.3 is 0 Å². The molecule has 2 heterocycles. The van der Waals surface area contributed by atoms with Crippen LogP contribution in [0.2, 0.25) is 0 Å². The Morgan fingerprint density at radius 1 is 1.42 bits per heavy atom. The van der Waals surface area contributed by atoms with E-state index in [0.717, 1.165) is 22.3 Å². The highest BCUT2D eigenvalue weighted by atomic mass is 79.9. The summed E-state index contributed by atoms with van der Waals surface area (Å²) in [7, 11) is 1.98. The van der Waals surface area contributed by atoms with Crippen LogP contribution in [0.4, 0.5) is 0 Å². The lowest BCUT2D eigenvalue weighted by Gasteiger charge is -2.15. The van der Waals surface area contributed by atoms with Gasteiger partial charge in [-0.15, -0.1) is 11.3 Å². The molecule has 0 aliphatic rings. The van der Waals surface area contributed by atoms with E-state index in [4.69, 9.17) is 5.84 Å². The largest absolute Gasteiger partial charge is 0.272 e. The van der Waals surface area contributed by atoms with Gasteiger partial charge in [-0.25, -0.2) is 0 Å². The van der Waals surface area contributed by atoms with Gasteiger partial charge in [-0.05, 0) is 60.3 Å². The minimum Gasteiger partial charge on any atom is -0.272 e. The quantitative estimate of drug-likeness (QED) is 0.648. The van der Waals surface area contributed by atoms with Crippen LogP contribution in [0.25, 0.3) is 0 Å². The van der Waals surface area contributed by atoms with Crippen LogP contribution in [0.5, 0.6) is 0 Å². The highest BCUT2D eigenvalue weighted by Gasteiger charge is 2.16. The number of hydrogen-bond donors (Lipinski definition) is 2. The number of halogens is 1. The summed E-state index contributed by atoms with van der Waals surface area (Å²) in [6.07, 6.45) is 1.83. The van der Waals surface area contributed by atoms with Gasteiger partial charge < -0.3 is 0 Å². The first-order chi connectivity index (χ1) is 9.01. The van der Waals surface area contributed by atoms with Gasteiger partial charge in [0.05, 0.1) is 9.48 Å². The predicted octanol–water partition coefficient (Wildman–Crippen LogP) is 2.48. The van der Waals surface area contributed by atoms with Crippen LogP contribution in [-0.4, -0.2) is 15.8 Å². The molecule has 1 atom stereocenters. The molecule has 2 aromatic heterocycles. The summed E-state index contributed by atoms with van der Waals surface area (Å²) in [5.41, 5.74) is 6.52. The van der Waals surface area contributed by atoms with Crippen LogP contribution in [-0.2, 0) is 19.9 Å². The van der Waals surface area contributed by atoms with Gasteiger partial charge in [-0.2, -0.15) is 5.10 Å². The third-order valence-corrected chi connectivity index (χ3v) is 5.07. The van der Waals surface area contributed by atoms with Gasteiger partial charge in [0.2, 0.25) is 0 Å². The number of aryl methyl sites for hydroxylation is 2. The molecule has 3 N–H and O–H groups in total. The molecule has 1 unspecified atom stereocenters. The molecule has 0 aliphatic heterocycles. The molecule has 2 aromatic rings. The monoisotopic (exact) mass is 342 g/mol. The van der Waals surface area contributed by atoms with Crippen molar-refractivity contribution < 1.29 is 0 Å². The lowest BCUT2D eigenvalue weighted by atomic mass is 10.0. The molecule has 0 aromatic carbocycles.